The van der Waals surface area contributed by atoms with E-state index in [0.717, 1.165) is 11.3 Å². The molecule has 2 heterocycles. The Kier molecular flexibility index (Phi) is 6.28. The molecule has 0 saturated heterocycles. The van der Waals surface area contributed by atoms with E-state index in [1.165, 1.54) is 4.68 Å². The molecule has 0 fully saturated rings. The fraction of sp³-hybridized carbons (Fsp3) is 0.400. The third kappa shape index (κ3) is 4.62. The lowest BCUT2D eigenvalue weighted by molar-refractivity contribution is -0.138. The Morgan fingerprint density at radius 2 is 2.00 bits per heavy atom. The predicted octanol–water partition coefficient (Wildman–Crippen LogP) is 2.01. The largest absolute Gasteiger partial charge is 0.497 e. The van der Waals surface area contributed by atoms with E-state index in [4.69, 9.17) is 14.6 Å². The van der Waals surface area contributed by atoms with Gasteiger partial charge in [0.2, 0.25) is 0 Å². The molecule has 29 heavy (non-hydrogen) atoms. The average molecular weight is 400 g/mol. The fourth-order valence-electron chi connectivity index (χ4n) is 3.10. The standard InChI is InChI=1S/C20H24N4O5/c1-13(12-29-9-8-18(25)26)24-17-10-21-23(20(27)19(17)14(2)22-24)11-15-4-6-16(28-3)7-5-15/h4-7,10,13H,8-9,11-12H2,1-3H3,(H,25,26). The molecule has 9 heteroatoms. The molecule has 3 rings (SSSR count). The van der Waals surface area contributed by atoms with Crippen LogP contribution in [-0.4, -0.2) is 51.0 Å². The number of carboxylic acids is 1. The van der Waals surface area contributed by atoms with E-state index in [9.17, 15) is 9.59 Å². The summed E-state index contributed by atoms with van der Waals surface area (Å²) in [6.45, 7) is 4.45. The molecule has 0 radical (unpaired) electrons. The Morgan fingerprint density at radius 3 is 2.66 bits per heavy atom. The first-order chi connectivity index (χ1) is 13.9. The first-order valence-corrected chi connectivity index (χ1v) is 9.28. The van der Waals surface area contributed by atoms with Crippen molar-refractivity contribution in [2.45, 2.75) is 32.9 Å². The van der Waals surface area contributed by atoms with Gasteiger partial charge in [0.25, 0.3) is 5.56 Å². The summed E-state index contributed by atoms with van der Waals surface area (Å²) in [6, 6.07) is 7.30. The number of aryl methyl sites for hydroxylation is 1. The Labute approximate surface area is 167 Å². The van der Waals surface area contributed by atoms with Gasteiger partial charge in [-0.1, -0.05) is 12.1 Å². The highest BCUT2D eigenvalue weighted by atomic mass is 16.5. The number of benzene rings is 1. The number of aliphatic carboxylic acids is 1. The molecule has 1 N–H and O–H groups in total. The van der Waals surface area contributed by atoms with Gasteiger partial charge >= 0.3 is 5.97 Å². The Morgan fingerprint density at radius 1 is 1.28 bits per heavy atom. The average Bonchev–Trinajstić information content (AvgIpc) is 3.05. The van der Waals surface area contributed by atoms with E-state index in [0.29, 0.717) is 29.7 Å². The number of carbonyl (C=O) groups is 1. The van der Waals surface area contributed by atoms with Crippen LogP contribution in [0.25, 0.3) is 10.9 Å². The van der Waals surface area contributed by atoms with E-state index in [1.807, 2.05) is 31.2 Å². The lowest BCUT2D eigenvalue weighted by atomic mass is 10.2. The summed E-state index contributed by atoms with van der Waals surface area (Å²) in [4.78, 5) is 23.5. The van der Waals surface area contributed by atoms with Gasteiger partial charge in [0, 0.05) is 0 Å². The lowest BCUT2D eigenvalue weighted by Crippen LogP contribution is -2.24. The number of aromatic nitrogens is 4. The smallest absolute Gasteiger partial charge is 0.305 e. The Balaban J connectivity index is 1.82. The van der Waals surface area contributed by atoms with Crippen LogP contribution in [0.1, 0.15) is 30.6 Å². The summed E-state index contributed by atoms with van der Waals surface area (Å²) in [5.41, 5.74) is 1.98. The van der Waals surface area contributed by atoms with Crippen LogP contribution in [0.15, 0.2) is 35.3 Å². The van der Waals surface area contributed by atoms with Crippen molar-refractivity contribution in [2.24, 2.45) is 0 Å². The van der Waals surface area contributed by atoms with Gasteiger partial charge in [-0.3, -0.25) is 14.3 Å². The third-order valence-electron chi connectivity index (χ3n) is 4.62. The Hall–Kier alpha value is -3.20. The first-order valence-electron chi connectivity index (χ1n) is 9.28. The van der Waals surface area contributed by atoms with E-state index in [-0.39, 0.29) is 24.6 Å². The second kappa shape index (κ2) is 8.87. The van der Waals surface area contributed by atoms with Crippen LogP contribution < -0.4 is 10.3 Å². The van der Waals surface area contributed by atoms with Crippen LogP contribution >= 0.6 is 0 Å². The van der Waals surface area contributed by atoms with Crippen LogP contribution in [0.4, 0.5) is 0 Å². The summed E-state index contributed by atoms with van der Waals surface area (Å²) in [7, 11) is 1.60. The molecule has 2 aromatic heterocycles. The molecule has 1 atom stereocenters. The summed E-state index contributed by atoms with van der Waals surface area (Å²) in [6.07, 6.45) is 1.58. The quantitative estimate of drug-likeness (QED) is 0.547. The van der Waals surface area contributed by atoms with E-state index < -0.39 is 5.97 Å². The predicted molar refractivity (Wildman–Crippen MR) is 106 cm³/mol. The maximum atomic E-state index is 13.0. The van der Waals surface area contributed by atoms with Crippen molar-refractivity contribution in [1.29, 1.82) is 0 Å². The molecule has 0 bridgehead atoms. The van der Waals surface area contributed by atoms with Crippen molar-refractivity contribution < 1.29 is 19.4 Å². The van der Waals surface area contributed by atoms with Gasteiger partial charge in [-0.05, 0) is 31.5 Å². The van der Waals surface area contributed by atoms with Crippen molar-refractivity contribution in [3.63, 3.8) is 0 Å². The molecule has 0 aliphatic heterocycles. The van der Waals surface area contributed by atoms with Gasteiger partial charge in [-0.25, -0.2) is 4.68 Å². The molecule has 0 spiro atoms. The first kappa shape index (κ1) is 20.5. The molecular formula is C20H24N4O5. The number of fused-ring (bicyclic) bond motifs is 1. The number of hydrogen-bond acceptors (Lipinski definition) is 6. The third-order valence-corrected chi connectivity index (χ3v) is 4.62. The minimum Gasteiger partial charge on any atom is -0.497 e. The monoisotopic (exact) mass is 400 g/mol. The van der Waals surface area contributed by atoms with Gasteiger partial charge in [0.05, 0.1) is 62.1 Å². The number of methoxy groups -OCH3 is 1. The number of carboxylic acid groups (broad SMARTS) is 1. The number of rotatable bonds is 9. The zero-order valence-electron chi connectivity index (χ0n) is 16.7. The van der Waals surface area contributed by atoms with Crippen molar-refractivity contribution in [3.8, 4) is 5.75 Å². The second-order valence-electron chi connectivity index (χ2n) is 6.81. The van der Waals surface area contributed by atoms with Crippen LogP contribution in [0, 0.1) is 6.92 Å². The second-order valence-corrected chi connectivity index (χ2v) is 6.81. The van der Waals surface area contributed by atoms with Gasteiger partial charge in [0.1, 0.15) is 5.75 Å². The SMILES string of the molecule is COc1ccc(Cn2ncc3c(c(C)nn3C(C)COCCC(=O)O)c2=O)cc1. The minimum absolute atomic E-state index is 0.0524. The molecule has 0 saturated carbocycles. The fourth-order valence-corrected chi connectivity index (χ4v) is 3.10. The van der Waals surface area contributed by atoms with Crippen molar-refractivity contribution >= 4 is 16.9 Å². The number of hydrogen-bond donors (Lipinski definition) is 1. The molecule has 9 nitrogen and oxygen atoms in total. The number of nitrogens with zero attached hydrogens (tertiary/aromatic N) is 4. The Bertz CT molecular complexity index is 1060. The maximum absolute atomic E-state index is 13.0. The highest BCUT2D eigenvalue weighted by Gasteiger charge is 2.17. The zero-order chi connectivity index (χ0) is 21.0. The number of ether oxygens (including phenoxy) is 2. The van der Waals surface area contributed by atoms with Gasteiger partial charge < -0.3 is 14.6 Å². The van der Waals surface area contributed by atoms with E-state index in [2.05, 4.69) is 10.2 Å². The molecule has 3 aromatic rings. The van der Waals surface area contributed by atoms with Crippen LogP contribution in [0.2, 0.25) is 0 Å². The topological polar surface area (TPSA) is 108 Å². The zero-order valence-corrected chi connectivity index (χ0v) is 16.7. The van der Waals surface area contributed by atoms with Crippen LogP contribution in [-0.2, 0) is 16.1 Å². The summed E-state index contributed by atoms with van der Waals surface area (Å²) in [5.74, 6) is -0.152. The molecule has 0 aliphatic carbocycles. The molecule has 0 amide bonds. The normalized spacial score (nSPS) is 12.2. The summed E-state index contributed by atoms with van der Waals surface area (Å²) < 4.78 is 13.7. The highest BCUT2D eigenvalue weighted by molar-refractivity contribution is 5.80. The summed E-state index contributed by atoms with van der Waals surface area (Å²) in [5, 5.41) is 18.0. The van der Waals surface area contributed by atoms with Crippen LogP contribution in [0.5, 0.6) is 5.75 Å². The molecule has 1 unspecified atom stereocenters. The molecule has 0 aliphatic rings. The maximum Gasteiger partial charge on any atom is 0.305 e. The van der Waals surface area contributed by atoms with Crippen molar-refractivity contribution in [2.75, 3.05) is 20.3 Å². The minimum atomic E-state index is -0.903. The van der Waals surface area contributed by atoms with Crippen LogP contribution in [0.3, 0.4) is 0 Å². The lowest BCUT2D eigenvalue weighted by Gasteiger charge is -2.13. The highest BCUT2D eigenvalue weighted by Crippen LogP contribution is 2.18. The van der Waals surface area contributed by atoms with Crippen molar-refractivity contribution in [3.05, 3.63) is 52.1 Å². The van der Waals surface area contributed by atoms with E-state index in [1.54, 1.807) is 24.9 Å². The van der Waals surface area contributed by atoms with Crippen molar-refractivity contribution in [1.82, 2.24) is 19.6 Å². The van der Waals surface area contributed by atoms with Gasteiger partial charge in [-0.15, -0.1) is 0 Å². The molecular weight excluding hydrogens is 376 g/mol. The van der Waals surface area contributed by atoms with E-state index >= 15 is 0 Å². The molecule has 1 aromatic carbocycles. The van der Waals surface area contributed by atoms with Gasteiger partial charge in [0.15, 0.2) is 0 Å². The summed E-state index contributed by atoms with van der Waals surface area (Å²) >= 11 is 0. The van der Waals surface area contributed by atoms with Gasteiger partial charge in [-0.2, -0.15) is 10.2 Å². The molecule has 154 valence electrons.